The first-order valence-corrected chi connectivity index (χ1v) is 6.36. The molecule has 2 rings (SSSR count). The summed E-state index contributed by atoms with van der Waals surface area (Å²) in [5, 5.41) is 3.76. The molecule has 0 N–H and O–H groups in total. The van der Waals surface area contributed by atoms with E-state index >= 15 is 0 Å². The molecule has 0 spiro atoms. The van der Waals surface area contributed by atoms with Gasteiger partial charge in [0, 0.05) is 5.02 Å². The molecule has 6 heteroatoms. The molecule has 1 atom stereocenters. The van der Waals surface area contributed by atoms with Gasteiger partial charge in [-0.15, -0.1) is 11.6 Å². The number of nitrogens with zero attached hydrogens (tertiary/aromatic N) is 2. The molecule has 18 heavy (non-hydrogen) atoms. The van der Waals surface area contributed by atoms with E-state index in [1.54, 1.807) is 6.07 Å². The standard InChI is InChI=1S/C12H11Cl2FN2O/c1-2-3-9(14)11-16-12(18-17-11)8-5-4-7(13)6-10(8)15/h4-6,9H,2-3H2,1H3. The Hall–Kier alpha value is -1.13. The highest BCUT2D eigenvalue weighted by molar-refractivity contribution is 6.30. The van der Waals surface area contributed by atoms with Crippen molar-refractivity contribution in [2.24, 2.45) is 0 Å². The number of hydrogen-bond donors (Lipinski definition) is 0. The maximum atomic E-state index is 13.6. The van der Waals surface area contributed by atoms with Crippen LogP contribution in [0.5, 0.6) is 0 Å². The first kappa shape index (κ1) is 13.3. The van der Waals surface area contributed by atoms with Crippen LogP contribution in [-0.4, -0.2) is 10.1 Å². The van der Waals surface area contributed by atoms with E-state index in [4.69, 9.17) is 27.7 Å². The van der Waals surface area contributed by atoms with Gasteiger partial charge in [0.1, 0.15) is 5.82 Å². The first-order chi connectivity index (χ1) is 8.61. The average Bonchev–Trinajstić information content (AvgIpc) is 2.78. The quantitative estimate of drug-likeness (QED) is 0.771. The van der Waals surface area contributed by atoms with E-state index in [2.05, 4.69) is 10.1 Å². The smallest absolute Gasteiger partial charge is 0.260 e. The summed E-state index contributed by atoms with van der Waals surface area (Å²) in [6.07, 6.45) is 1.65. The number of halogens is 3. The molecule has 3 nitrogen and oxygen atoms in total. The molecular formula is C12H11Cl2FN2O. The van der Waals surface area contributed by atoms with Crippen LogP contribution in [0.3, 0.4) is 0 Å². The topological polar surface area (TPSA) is 38.9 Å². The predicted octanol–water partition coefficient (Wildman–Crippen LogP) is 4.61. The maximum Gasteiger partial charge on any atom is 0.260 e. The number of alkyl halides is 1. The Morgan fingerprint density at radius 2 is 2.22 bits per heavy atom. The molecule has 0 saturated heterocycles. The minimum Gasteiger partial charge on any atom is -0.334 e. The van der Waals surface area contributed by atoms with Crippen LogP contribution in [0, 0.1) is 5.82 Å². The minimum absolute atomic E-state index is 0.112. The summed E-state index contributed by atoms with van der Waals surface area (Å²) in [6, 6.07) is 4.26. The van der Waals surface area contributed by atoms with Crippen molar-refractivity contribution in [1.82, 2.24) is 10.1 Å². The number of hydrogen-bond acceptors (Lipinski definition) is 3. The number of aromatic nitrogens is 2. The van der Waals surface area contributed by atoms with Gasteiger partial charge in [-0.1, -0.05) is 30.1 Å². The highest BCUT2D eigenvalue weighted by Crippen LogP contribution is 2.28. The van der Waals surface area contributed by atoms with Crippen LogP contribution in [0.15, 0.2) is 22.7 Å². The lowest BCUT2D eigenvalue weighted by Crippen LogP contribution is -1.92. The summed E-state index contributed by atoms with van der Waals surface area (Å²) in [6.45, 7) is 2.01. The van der Waals surface area contributed by atoms with Gasteiger partial charge in [0.25, 0.3) is 5.89 Å². The summed E-state index contributed by atoms with van der Waals surface area (Å²) in [7, 11) is 0. The van der Waals surface area contributed by atoms with E-state index in [0.717, 1.165) is 12.8 Å². The highest BCUT2D eigenvalue weighted by Gasteiger charge is 2.18. The van der Waals surface area contributed by atoms with E-state index in [1.807, 2.05) is 6.92 Å². The summed E-state index contributed by atoms with van der Waals surface area (Å²) in [5.41, 5.74) is 0.221. The summed E-state index contributed by atoms with van der Waals surface area (Å²) < 4.78 is 18.7. The zero-order chi connectivity index (χ0) is 13.1. The largest absolute Gasteiger partial charge is 0.334 e. The molecule has 1 heterocycles. The second kappa shape index (κ2) is 5.67. The van der Waals surface area contributed by atoms with Crippen molar-refractivity contribution in [3.05, 3.63) is 34.9 Å². The molecule has 0 fully saturated rings. The van der Waals surface area contributed by atoms with Gasteiger partial charge in [0.2, 0.25) is 0 Å². The molecule has 0 amide bonds. The van der Waals surface area contributed by atoms with Crippen molar-refractivity contribution < 1.29 is 8.91 Å². The van der Waals surface area contributed by atoms with Gasteiger partial charge in [-0.25, -0.2) is 4.39 Å². The van der Waals surface area contributed by atoms with Crippen molar-refractivity contribution in [3.8, 4) is 11.5 Å². The fraction of sp³-hybridized carbons (Fsp3) is 0.333. The Morgan fingerprint density at radius 1 is 1.44 bits per heavy atom. The Bertz CT molecular complexity index is 545. The number of rotatable bonds is 4. The van der Waals surface area contributed by atoms with Crippen LogP contribution in [0.2, 0.25) is 5.02 Å². The Morgan fingerprint density at radius 3 is 2.89 bits per heavy atom. The van der Waals surface area contributed by atoms with Crippen LogP contribution in [0.1, 0.15) is 31.0 Å². The third-order valence-corrected chi connectivity index (χ3v) is 3.07. The summed E-state index contributed by atoms with van der Waals surface area (Å²) in [4.78, 5) is 4.10. The third kappa shape index (κ3) is 2.82. The summed E-state index contributed by atoms with van der Waals surface area (Å²) >= 11 is 11.7. The van der Waals surface area contributed by atoms with Gasteiger partial charge < -0.3 is 4.52 Å². The van der Waals surface area contributed by atoms with Gasteiger partial charge in [0.15, 0.2) is 5.82 Å². The molecule has 1 aromatic carbocycles. The van der Waals surface area contributed by atoms with E-state index in [9.17, 15) is 4.39 Å². The Labute approximate surface area is 114 Å². The molecular weight excluding hydrogens is 278 g/mol. The molecule has 2 aromatic rings. The van der Waals surface area contributed by atoms with Crippen LogP contribution in [0.25, 0.3) is 11.5 Å². The predicted molar refractivity (Wildman–Crippen MR) is 68.2 cm³/mol. The lowest BCUT2D eigenvalue weighted by molar-refractivity contribution is 0.418. The minimum atomic E-state index is -0.501. The molecule has 1 aromatic heterocycles. The van der Waals surface area contributed by atoms with Crippen LogP contribution in [0.4, 0.5) is 4.39 Å². The first-order valence-electron chi connectivity index (χ1n) is 5.55. The zero-order valence-corrected chi connectivity index (χ0v) is 11.2. The van der Waals surface area contributed by atoms with E-state index < -0.39 is 5.82 Å². The monoisotopic (exact) mass is 288 g/mol. The van der Waals surface area contributed by atoms with Gasteiger partial charge in [-0.2, -0.15) is 4.98 Å². The average molecular weight is 289 g/mol. The Balaban J connectivity index is 2.29. The van der Waals surface area contributed by atoms with Gasteiger partial charge in [0.05, 0.1) is 10.9 Å². The fourth-order valence-electron chi connectivity index (χ4n) is 1.52. The second-order valence-electron chi connectivity index (χ2n) is 3.84. The molecule has 0 aliphatic heterocycles. The van der Waals surface area contributed by atoms with Crippen molar-refractivity contribution in [2.75, 3.05) is 0 Å². The van der Waals surface area contributed by atoms with Crippen LogP contribution < -0.4 is 0 Å². The molecule has 0 aliphatic carbocycles. The maximum absolute atomic E-state index is 13.6. The Kier molecular flexibility index (Phi) is 4.19. The normalized spacial score (nSPS) is 12.7. The number of benzene rings is 1. The molecule has 0 aliphatic rings. The molecule has 1 unspecified atom stereocenters. The van der Waals surface area contributed by atoms with E-state index in [0.29, 0.717) is 10.8 Å². The lowest BCUT2D eigenvalue weighted by atomic mass is 10.2. The van der Waals surface area contributed by atoms with Crippen molar-refractivity contribution >= 4 is 23.2 Å². The van der Waals surface area contributed by atoms with Crippen molar-refractivity contribution in [1.29, 1.82) is 0 Å². The summed E-state index contributed by atoms with van der Waals surface area (Å²) in [5.74, 6) is -0.0110. The van der Waals surface area contributed by atoms with Crippen molar-refractivity contribution in [3.63, 3.8) is 0 Å². The highest BCUT2D eigenvalue weighted by atomic mass is 35.5. The molecule has 0 saturated carbocycles. The SMILES string of the molecule is CCCC(Cl)c1noc(-c2ccc(Cl)cc2F)n1. The van der Waals surface area contributed by atoms with Crippen LogP contribution >= 0.6 is 23.2 Å². The third-order valence-electron chi connectivity index (χ3n) is 2.43. The molecule has 0 radical (unpaired) electrons. The van der Waals surface area contributed by atoms with Crippen molar-refractivity contribution in [2.45, 2.75) is 25.1 Å². The van der Waals surface area contributed by atoms with Gasteiger partial charge in [-0.05, 0) is 24.6 Å². The van der Waals surface area contributed by atoms with Gasteiger partial charge in [-0.3, -0.25) is 0 Å². The lowest BCUT2D eigenvalue weighted by Gasteiger charge is -2.00. The second-order valence-corrected chi connectivity index (χ2v) is 4.80. The van der Waals surface area contributed by atoms with E-state index in [-0.39, 0.29) is 16.8 Å². The molecule has 0 bridgehead atoms. The van der Waals surface area contributed by atoms with Crippen LogP contribution in [-0.2, 0) is 0 Å². The zero-order valence-electron chi connectivity index (χ0n) is 9.66. The van der Waals surface area contributed by atoms with E-state index in [1.165, 1.54) is 12.1 Å². The van der Waals surface area contributed by atoms with Gasteiger partial charge >= 0.3 is 0 Å². The molecule has 96 valence electrons. The fourth-order valence-corrected chi connectivity index (χ4v) is 1.98.